The van der Waals surface area contributed by atoms with E-state index in [4.69, 9.17) is 5.53 Å². The van der Waals surface area contributed by atoms with Crippen molar-refractivity contribution in [3.05, 3.63) is 10.4 Å². The van der Waals surface area contributed by atoms with Gasteiger partial charge >= 0.3 is 10.2 Å². The van der Waals surface area contributed by atoms with Crippen molar-refractivity contribution in [3.8, 4) is 0 Å². The van der Waals surface area contributed by atoms with Crippen molar-refractivity contribution in [3.63, 3.8) is 0 Å². The molecule has 0 aromatic carbocycles. The van der Waals surface area contributed by atoms with Gasteiger partial charge in [-0.05, 0) is 12.0 Å². The van der Waals surface area contributed by atoms with Crippen LogP contribution in [-0.4, -0.2) is 20.2 Å². The van der Waals surface area contributed by atoms with E-state index in [1.165, 1.54) is 6.92 Å². The Labute approximate surface area is 64.1 Å². The van der Waals surface area contributed by atoms with Gasteiger partial charge < -0.3 is 0 Å². The Hall–Kier alpha value is -0.810. The number of nitrogens with zero attached hydrogens (tertiary/aromatic N) is 3. The normalized spacial score (nSPS) is 13.6. The quantitative estimate of drug-likeness (QED) is 0.284. The van der Waals surface area contributed by atoms with Gasteiger partial charge in [-0.1, -0.05) is 12.0 Å². The van der Waals surface area contributed by atoms with Crippen LogP contribution in [0.2, 0.25) is 0 Å². The van der Waals surface area contributed by atoms with Crippen LogP contribution in [0.5, 0.6) is 0 Å². The SMILES string of the molecule is CC(CCS(=O)(=O)F)N=[N+]=[N-]. The van der Waals surface area contributed by atoms with Gasteiger partial charge in [0.15, 0.2) is 0 Å². The number of hydrogen-bond acceptors (Lipinski definition) is 3. The standard InChI is InChI=1S/C4H8FN3O2S/c1-4(7-8-6)2-3-11(5,9)10/h4H,2-3H2,1H3. The summed E-state index contributed by atoms with van der Waals surface area (Å²) in [4.78, 5) is 2.44. The first-order chi connectivity index (χ1) is 4.95. The van der Waals surface area contributed by atoms with Gasteiger partial charge in [0, 0.05) is 11.0 Å². The van der Waals surface area contributed by atoms with Crippen LogP contribution in [0.1, 0.15) is 13.3 Å². The first-order valence-electron chi connectivity index (χ1n) is 2.92. The molecule has 0 aromatic heterocycles. The van der Waals surface area contributed by atoms with E-state index in [0.29, 0.717) is 0 Å². The summed E-state index contributed by atoms with van der Waals surface area (Å²) in [5.74, 6) is -0.590. The van der Waals surface area contributed by atoms with E-state index >= 15 is 0 Å². The number of rotatable bonds is 4. The van der Waals surface area contributed by atoms with Crippen LogP contribution >= 0.6 is 0 Å². The molecule has 1 atom stereocenters. The van der Waals surface area contributed by atoms with E-state index in [-0.39, 0.29) is 6.42 Å². The predicted molar refractivity (Wildman–Crippen MR) is 38.1 cm³/mol. The monoisotopic (exact) mass is 181 g/mol. The van der Waals surface area contributed by atoms with Crippen molar-refractivity contribution in [1.29, 1.82) is 0 Å². The zero-order valence-corrected chi connectivity index (χ0v) is 6.75. The van der Waals surface area contributed by atoms with Crippen molar-refractivity contribution in [2.45, 2.75) is 19.4 Å². The molecule has 64 valence electrons. The summed E-state index contributed by atoms with van der Waals surface area (Å²) >= 11 is 0. The van der Waals surface area contributed by atoms with Gasteiger partial charge in [-0.2, -0.15) is 8.42 Å². The van der Waals surface area contributed by atoms with Gasteiger partial charge in [0.25, 0.3) is 0 Å². The van der Waals surface area contributed by atoms with Crippen LogP contribution in [0.25, 0.3) is 10.4 Å². The maximum atomic E-state index is 11.8. The fraction of sp³-hybridized carbons (Fsp3) is 1.00. The van der Waals surface area contributed by atoms with E-state index in [9.17, 15) is 12.3 Å². The molecular formula is C4H8FN3O2S. The predicted octanol–water partition coefficient (Wildman–Crippen LogP) is 1.37. The molecule has 0 rings (SSSR count). The van der Waals surface area contributed by atoms with Crippen LogP contribution in [0, 0.1) is 0 Å². The molecular weight excluding hydrogens is 173 g/mol. The smallest absolute Gasteiger partial charge is 0.195 e. The molecule has 0 aliphatic carbocycles. The minimum absolute atomic E-state index is 0.0168. The Morgan fingerprint density at radius 3 is 2.64 bits per heavy atom. The van der Waals surface area contributed by atoms with Crippen molar-refractivity contribution < 1.29 is 12.3 Å². The molecule has 7 heteroatoms. The number of azide groups is 1. The van der Waals surface area contributed by atoms with Crippen LogP contribution < -0.4 is 0 Å². The number of halogens is 1. The second-order valence-corrected chi connectivity index (χ2v) is 3.57. The van der Waals surface area contributed by atoms with E-state index in [1.54, 1.807) is 0 Å². The minimum Gasteiger partial charge on any atom is -0.195 e. The molecule has 0 amide bonds. The Kier molecular flexibility index (Phi) is 3.84. The highest BCUT2D eigenvalue weighted by Crippen LogP contribution is 2.01. The molecule has 0 fully saturated rings. The summed E-state index contributed by atoms with van der Waals surface area (Å²) in [6.07, 6.45) is 0.0168. The maximum absolute atomic E-state index is 11.8. The molecule has 0 radical (unpaired) electrons. The van der Waals surface area contributed by atoms with Gasteiger partial charge in [0.1, 0.15) is 0 Å². The Balaban J connectivity index is 3.81. The van der Waals surface area contributed by atoms with Gasteiger partial charge in [0.05, 0.1) is 5.75 Å². The lowest BCUT2D eigenvalue weighted by molar-refractivity contribution is 0.544. The van der Waals surface area contributed by atoms with E-state index in [0.717, 1.165) is 0 Å². The summed E-state index contributed by atoms with van der Waals surface area (Å²) in [7, 11) is -4.42. The Morgan fingerprint density at radius 2 is 2.27 bits per heavy atom. The summed E-state index contributed by atoms with van der Waals surface area (Å²) < 4.78 is 31.7. The average Bonchev–Trinajstić information content (AvgIpc) is 1.83. The van der Waals surface area contributed by atoms with E-state index < -0.39 is 22.0 Å². The van der Waals surface area contributed by atoms with Crippen LogP contribution in [0.4, 0.5) is 3.89 Å². The van der Waals surface area contributed by atoms with E-state index in [2.05, 4.69) is 10.0 Å². The second kappa shape index (κ2) is 4.15. The molecule has 11 heavy (non-hydrogen) atoms. The van der Waals surface area contributed by atoms with E-state index in [1.807, 2.05) is 0 Å². The van der Waals surface area contributed by atoms with Gasteiger partial charge in [-0.15, -0.1) is 3.89 Å². The summed E-state index contributed by atoms with van der Waals surface area (Å²) in [5, 5.41) is 3.18. The van der Waals surface area contributed by atoms with Crippen molar-refractivity contribution in [2.24, 2.45) is 5.11 Å². The molecule has 0 saturated carbocycles. The van der Waals surface area contributed by atoms with Gasteiger partial charge in [0.2, 0.25) is 0 Å². The van der Waals surface area contributed by atoms with Crippen LogP contribution in [0.3, 0.4) is 0 Å². The molecule has 0 aliphatic rings. The highest BCUT2D eigenvalue weighted by molar-refractivity contribution is 7.86. The fourth-order valence-electron chi connectivity index (χ4n) is 0.457. The zero-order chi connectivity index (χ0) is 8.91. The fourth-order valence-corrected chi connectivity index (χ4v) is 1.08. The van der Waals surface area contributed by atoms with Crippen molar-refractivity contribution in [2.75, 3.05) is 5.75 Å². The van der Waals surface area contributed by atoms with Crippen LogP contribution in [0.15, 0.2) is 5.11 Å². The summed E-state index contributed by atoms with van der Waals surface area (Å²) in [5.41, 5.74) is 7.88. The average molecular weight is 181 g/mol. The topological polar surface area (TPSA) is 82.9 Å². The van der Waals surface area contributed by atoms with Crippen LogP contribution in [-0.2, 0) is 10.2 Å². The molecule has 1 unspecified atom stereocenters. The Morgan fingerprint density at radius 1 is 1.73 bits per heavy atom. The zero-order valence-electron chi connectivity index (χ0n) is 5.94. The van der Waals surface area contributed by atoms with Crippen molar-refractivity contribution >= 4 is 10.2 Å². The third kappa shape index (κ3) is 7.08. The lowest BCUT2D eigenvalue weighted by Crippen LogP contribution is -2.06. The molecule has 0 aliphatic heterocycles. The molecule has 0 spiro atoms. The molecule has 0 aromatic rings. The first kappa shape index (κ1) is 10.2. The molecule has 0 saturated heterocycles. The third-order valence-corrected chi connectivity index (χ3v) is 1.75. The highest BCUT2D eigenvalue weighted by Gasteiger charge is 2.09. The minimum atomic E-state index is -4.42. The molecule has 0 N–H and O–H groups in total. The largest absolute Gasteiger partial charge is 0.302 e. The highest BCUT2D eigenvalue weighted by atomic mass is 32.3. The van der Waals surface area contributed by atoms with Gasteiger partial charge in [-0.3, -0.25) is 0 Å². The molecule has 5 nitrogen and oxygen atoms in total. The Bertz CT molecular complexity index is 257. The summed E-state index contributed by atoms with van der Waals surface area (Å²) in [6, 6.07) is -0.481. The lowest BCUT2D eigenvalue weighted by atomic mass is 10.3. The molecule has 0 heterocycles. The third-order valence-electron chi connectivity index (χ3n) is 1.03. The number of hydrogen-bond donors (Lipinski definition) is 0. The second-order valence-electron chi connectivity index (χ2n) is 2.09. The lowest BCUT2D eigenvalue weighted by Gasteiger charge is -1.98. The summed E-state index contributed by atoms with van der Waals surface area (Å²) in [6.45, 7) is 1.52. The van der Waals surface area contributed by atoms with Gasteiger partial charge in [-0.25, -0.2) is 0 Å². The molecule has 0 bridgehead atoms. The first-order valence-corrected chi connectivity index (χ1v) is 4.47. The van der Waals surface area contributed by atoms with Crippen molar-refractivity contribution in [1.82, 2.24) is 0 Å². The maximum Gasteiger partial charge on any atom is 0.302 e.